The van der Waals surface area contributed by atoms with Crippen molar-refractivity contribution in [2.75, 3.05) is 67.5 Å². The van der Waals surface area contributed by atoms with E-state index < -0.39 is 46.4 Å². The summed E-state index contributed by atoms with van der Waals surface area (Å²) in [6, 6.07) is 24.1. The number of nitrogens with zero attached hydrogens (tertiary/aromatic N) is 3. The van der Waals surface area contributed by atoms with Crippen LogP contribution in [0, 0.1) is 23.3 Å². The minimum Gasteiger partial charge on any atom is -0.392 e. The van der Waals surface area contributed by atoms with Crippen LogP contribution < -0.4 is 16.0 Å². The summed E-state index contributed by atoms with van der Waals surface area (Å²) in [6.07, 6.45) is 4.04. The Morgan fingerprint density at radius 2 is 1.10 bits per heavy atom. The number of carbonyl (C=O) groups excluding carboxylic acids is 2. The van der Waals surface area contributed by atoms with E-state index in [0.29, 0.717) is 63.0 Å². The molecule has 3 amide bonds. The fourth-order valence-electron chi connectivity index (χ4n) is 8.96. The van der Waals surface area contributed by atoms with E-state index in [1.807, 2.05) is 4.90 Å². The zero-order valence-electron chi connectivity index (χ0n) is 43.6. The van der Waals surface area contributed by atoms with Crippen LogP contribution in [0.5, 0.6) is 0 Å². The van der Waals surface area contributed by atoms with Gasteiger partial charge in [-0.1, -0.05) is 90.1 Å². The molecule has 0 aliphatic carbocycles. The standard InChI is InChI=1S/C28H39F2N3O2.C25H34F2N2O.C3H6ClNO/c1-27(2,3)21-8-6-9-22(16-21)28(12-7-13-33(19-28)26(35)32(4)5)31-18-25(34)11-10-20-14-23(29)17-24(30)15-20;1-24(2,3)19-6-4-7-20(14-19)25(10-5-11-28-17-25)29-16-23(30)9-8-18-12-21(26)15-22(27)13-18;1-5(2)3(4)6/h6,8-9,14-17,25,31,34H,7,10-13,18-19H2,1-5H3;4,6-7,12-15,23,28-30H,5,8-11,16-17H2,1-3H3;1-2H3. The van der Waals surface area contributed by atoms with Crippen molar-refractivity contribution in [3.05, 3.63) is 142 Å². The number of carbonyl (C=O) groups is 2. The number of aryl methyl sites for hydroxylation is 2. The molecule has 2 saturated heterocycles. The van der Waals surface area contributed by atoms with Crippen LogP contribution in [0.3, 0.4) is 0 Å². The largest absolute Gasteiger partial charge is 0.392 e. The Morgan fingerprint density at radius 3 is 1.49 bits per heavy atom. The molecule has 15 heteroatoms. The van der Waals surface area contributed by atoms with Crippen molar-refractivity contribution in [1.82, 2.24) is 30.7 Å². The third-order valence-corrected chi connectivity index (χ3v) is 13.5. The average molecular weight is 1010 g/mol. The van der Waals surface area contributed by atoms with Crippen LogP contribution in [0.1, 0.15) is 113 Å². The molecule has 392 valence electrons. The van der Waals surface area contributed by atoms with E-state index in [-0.39, 0.29) is 22.4 Å². The van der Waals surface area contributed by atoms with Gasteiger partial charge in [-0.3, -0.25) is 4.79 Å². The monoisotopic (exact) mass is 1010 g/mol. The Morgan fingerprint density at radius 1 is 0.676 bits per heavy atom. The first kappa shape index (κ1) is 59.0. The number of hydrogen-bond acceptors (Lipinski definition) is 7. The summed E-state index contributed by atoms with van der Waals surface area (Å²) in [5, 5.41) is 31.6. The Bertz CT molecular complexity index is 2290. The number of benzene rings is 4. The molecule has 71 heavy (non-hydrogen) atoms. The highest BCUT2D eigenvalue weighted by atomic mass is 35.5. The molecule has 4 aromatic carbocycles. The first-order valence-electron chi connectivity index (χ1n) is 24.7. The Kier molecular flexibility index (Phi) is 21.9. The Labute approximate surface area is 425 Å². The van der Waals surface area contributed by atoms with Crippen molar-refractivity contribution in [1.29, 1.82) is 0 Å². The second-order valence-electron chi connectivity index (χ2n) is 21.7. The van der Waals surface area contributed by atoms with Crippen LogP contribution in [0.2, 0.25) is 0 Å². The lowest BCUT2D eigenvalue weighted by Gasteiger charge is -2.45. The van der Waals surface area contributed by atoms with Gasteiger partial charge in [-0.2, -0.15) is 0 Å². The van der Waals surface area contributed by atoms with Crippen molar-refractivity contribution in [3.63, 3.8) is 0 Å². The highest BCUT2D eigenvalue weighted by molar-refractivity contribution is 6.62. The van der Waals surface area contributed by atoms with E-state index in [1.54, 1.807) is 33.1 Å². The van der Waals surface area contributed by atoms with E-state index in [0.717, 1.165) is 56.5 Å². The van der Waals surface area contributed by atoms with E-state index in [4.69, 9.17) is 11.6 Å². The molecule has 0 bridgehead atoms. The quantitative estimate of drug-likeness (QED) is 0.0485. The Hall–Kier alpha value is -4.57. The maximum absolute atomic E-state index is 13.5. The molecule has 0 saturated carbocycles. The smallest absolute Gasteiger partial charge is 0.319 e. The van der Waals surface area contributed by atoms with Crippen LogP contribution in [-0.2, 0) is 34.7 Å². The molecule has 4 aromatic rings. The molecule has 0 spiro atoms. The maximum Gasteiger partial charge on any atom is 0.319 e. The lowest BCUT2D eigenvalue weighted by molar-refractivity contribution is 0.0949. The van der Waals surface area contributed by atoms with Crippen LogP contribution in [0.25, 0.3) is 0 Å². The second-order valence-corrected chi connectivity index (χ2v) is 22.0. The van der Waals surface area contributed by atoms with Crippen LogP contribution in [-0.4, -0.2) is 116 Å². The second kappa shape index (κ2) is 26.4. The number of piperidine rings is 2. The number of nitrogens with one attached hydrogen (secondary N) is 3. The molecular weight excluding hydrogens is 932 g/mol. The molecule has 0 radical (unpaired) electrons. The molecule has 4 atom stereocenters. The molecule has 5 N–H and O–H groups in total. The van der Waals surface area contributed by atoms with Gasteiger partial charge in [0.2, 0.25) is 0 Å². The molecule has 2 heterocycles. The zero-order chi connectivity index (χ0) is 52.7. The molecular formula is C56H79ClF4N6O4. The van der Waals surface area contributed by atoms with Crippen LogP contribution >= 0.6 is 11.6 Å². The number of urea groups is 1. The molecule has 0 aromatic heterocycles. The summed E-state index contributed by atoms with van der Waals surface area (Å²) in [5.74, 6) is -2.39. The van der Waals surface area contributed by atoms with Crippen molar-refractivity contribution in [2.24, 2.45) is 0 Å². The SMILES string of the molecule is CC(C)(C)c1cccc(C2(NCC(O)CCc3cc(F)cc(F)c3)CCCNC2)c1.CN(C)C(=O)Cl.CN(C)C(=O)N1CCCC(NCC(O)CCc2cc(F)cc(F)c2)(c2cccc(C(C)(C)C)c2)C1. The zero-order valence-corrected chi connectivity index (χ0v) is 44.3. The lowest BCUT2D eigenvalue weighted by atomic mass is 9.78. The summed E-state index contributed by atoms with van der Waals surface area (Å²) >= 11 is 4.90. The summed E-state index contributed by atoms with van der Waals surface area (Å²) in [6.45, 7) is 16.9. The minimum absolute atomic E-state index is 0.0231. The van der Waals surface area contributed by atoms with Crippen molar-refractivity contribution < 1.29 is 37.4 Å². The van der Waals surface area contributed by atoms with E-state index in [2.05, 4.69) is 106 Å². The van der Waals surface area contributed by atoms with E-state index in [9.17, 15) is 37.4 Å². The number of amides is 3. The maximum atomic E-state index is 13.5. The number of halogens is 5. The van der Waals surface area contributed by atoms with Gasteiger partial charge in [0, 0.05) is 73.0 Å². The highest BCUT2D eigenvalue weighted by Gasteiger charge is 2.40. The topological polar surface area (TPSA) is 120 Å². The Balaban J connectivity index is 0.000000279. The fraction of sp³-hybridized carbons (Fsp3) is 0.536. The normalized spacial score (nSPS) is 19.1. The first-order valence-corrected chi connectivity index (χ1v) is 25.1. The van der Waals surface area contributed by atoms with Gasteiger partial charge < -0.3 is 40.9 Å². The van der Waals surface area contributed by atoms with Gasteiger partial charge in [-0.15, -0.1) is 0 Å². The molecule has 2 aliphatic heterocycles. The van der Waals surface area contributed by atoms with E-state index >= 15 is 0 Å². The van der Waals surface area contributed by atoms with Crippen molar-refractivity contribution in [3.8, 4) is 0 Å². The number of hydrogen-bond donors (Lipinski definition) is 5. The van der Waals surface area contributed by atoms with Gasteiger partial charge in [0.05, 0.1) is 23.3 Å². The number of rotatable bonds is 14. The van der Waals surface area contributed by atoms with Crippen molar-refractivity contribution >= 4 is 23.0 Å². The average Bonchev–Trinajstić information content (AvgIpc) is 3.31. The number of aliphatic hydroxyl groups excluding tert-OH is 2. The summed E-state index contributed by atoms with van der Waals surface area (Å²) in [5.41, 5.74) is 5.24. The predicted molar refractivity (Wildman–Crippen MR) is 278 cm³/mol. The van der Waals surface area contributed by atoms with Crippen LogP contribution in [0.4, 0.5) is 27.2 Å². The van der Waals surface area contributed by atoms with Gasteiger partial charge in [-0.05, 0) is 138 Å². The lowest BCUT2D eigenvalue weighted by Crippen LogP contribution is -2.58. The van der Waals surface area contributed by atoms with Gasteiger partial charge in [0.25, 0.3) is 0 Å². The fourth-order valence-corrected chi connectivity index (χ4v) is 8.96. The molecule has 2 aliphatic rings. The molecule has 2 fully saturated rings. The summed E-state index contributed by atoms with van der Waals surface area (Å²) < 4.78 is 53.8. The molecule has 4 unspecified atom stereocenters. The van der Waals surface area contributed by atoms with Crippen molar-refractivity contribution in [2.45, 2.75) is 127 Å². The summed E-state index contributed by atoms with van der Waals surface area (Å²) in [4.78, 5) is 27.4. The van der Waals surface area contributed by atoms with E-state index in [1.165, 1.54) is 45.9 Å². The van der Waals surface area contributed by atoms with Gasteiger partial charge >= 0.3 is 11.4 Å². The third-order valence-electron chi connectivity index (χ3n) is 13.2. The number of aliphatic hydroxyl groups is 2. The van der Waals surface area contributed by atoms with Gasteiger partial charge in [-0.25, -0.2) is 22.4 Å². The summed E-state index contributed by atoms with van der Waals surface area (Å²) in [7, 11) is 6.70. The molecule has 6 rings (SSSR count). The predicted octanol–water partition coefficient (Wildman–Crippen LogP) is 10.1. The number of likely N-dealkylation sites (tertiary alicyclic amines) is 1. The van der Waals surface area contributed by atoms with Crippen LogP contribution in [0.15, 0.2) is 84.9 Å². The van der Waals surface area contributed by atoms with Gasteiger partial charge in [0.1, 0.15) is 23.3 Å². The van der Waals surface area contributed by atoms with Gasteiger partial charge in [0.15, 0.2) is 0 Å². The minimum atomic E-state index is -0.705. The molecule has 10 nitrogen and oxygen atoms in total. The highest BCUT2D eigenvalue weighted by Crippen LogP contribution is 2.36. The first-order chi connectivity index (χ1) is 33.2. The third kappa shape index (κ3) is 18.5.